The van der Waals surface area contributed by atoms with E-state index >= 15 is 0 Å². The molecule has 23 heavy (non-hydrogen) atoms. The molecule has 0 spiro atoms. The van der Waals surface area contributed by atoms with Crippen LogP contribution in [0.5, 0.6) is 5.75 Å². The van der Waals surface area contributed by atoms with Gasteiger partial charge in [0.1, 0.15) is 11.6 Å². The first-order valence-electron chi connectivity index (χ1n) is 7.36. The summed E-state index contributed by atoms with van der Waals surface area (Å²) in [5.41, 5.74) is 2.12. The first-order chi connectivity index (χ1) is 11.0. The van der Waals surface area contributed by atoms with Crippen LogP contribution in [0.25, 0.3) is 0 Å². The largest absolute Gasteiger partial charge is 0.496 e. The quantitative estimate of drug-likeness (QED) is 0.858. The Balaban J connectivity index is 2.00. The Bertz CT molecular complexity index is 670. The van der Waals surface area contributed by atoms with E-state index in [1.807, 2.05) is 6.92 Å². The highest BCUT2D eigenvalue weighted by Crippen LogP contribution is 2.24. The van der Waals surface area contributed by atoms with Gasteiger partial charge in [-0.1, -0.05) is 19.1 Å². The summed E-state index contributed by atoms with van der Waals surface area (Å²) in [5.74, 6) is 0.118. The van der Waals surface area contributed by atoms with Crippen LogP contribution in [0.2, 0.25) is 0 Å². The summed E-state index contributed by atoms with van der Waals surface area (Å²) < 4.78 is 18.0. The summed E-state index contributed by atoms with van der Waals surface area (Å²) in [7, 11) is 1.52. The van der Waals surface area contributed by atoms with Crippen molar-refractivity contribution < 1.29 is 19.0 Å². The Labute approximate surface area is 134 Å². The lowest BCUT2D eigenvalue weighted by Crippen LogP contribution is -2.14. The van der Waals surface area contributed by atoms with E-state index in [1.165, 1.54) is 19.2 Å². The molecule has 2 aromatic rings. The predicted octanol–water partition coefficient (Wildman–Crippen LogP) is 3.46. The summed E-state index contributed by atoms with van der Waals surface area (Å²) in [6, 6.07) is 11.2. The highest BCUT2D eigenvalue weighted by molar-refractivity contribution is 5.91. The van der Waals surface area contributed by atoms with E-state index in [-0.39, 0.29) is 30.7 Å². The first-order valence-corrected chi connectivity index (χ1v) is 7.36. The molecule has 5 heteroatoms. The summed E-state index contributed by atoms with van der Waals surface area (Å²) in [5, 5.41) is 12.1. The maximum atomic E-state index is 12.9. The first kappa shape index (κ1) is 17.0. The predicted molar refractivity (Wildman–Crippen MR) is 87.0 cm³/mol. The van der Waals surface area contributed by atoms with Crippen molar-refractivity contribution in [3.63, 3.8) is 0 Å². The van der Waals surface area contributed by atoms with Crippen molar-refractivity contribution in [2.45, 2.75) is 25.9 Å². The van der Waals surface area contributed by atoms with Crippen LogP contribution in [0.15, 0.2) is 42.5 Å². The summed E-state index contributed by atoms with van der Waals surface area (Å²) in [6.07, 6.45) is 0.284. The smallest absolute Gasteiger partial charge is 0.224 e. The fourth-order valence-electron chi connectivity index (χ4n) is 2.38. The van der Waals surface area contributed by atoms with E-state index in [0.717, 1.165) is 5.56 Å². The summed E-state index contributed by atoms with van der Waals surface area (Å²) in [6.45, 7) is 1.75. The molecule has 0 radical (unpaired) electrons. The molecule has 0 saturated carbocycles. The number of benzene rings is 2. The Morgan fingerprint density at radius 1 is 1.26 bits per heavy atom. The molecule has 0 bridgehead atoms. The van der Waals surface area contributed by atoms with E-state index in [1.54, 1.807) is 30.3 Å². The topological polar surface area (TPSA) is 58.6 Å². The van der Waals surface area contributed by atoms with Gasteiger partial charge in [0.15, 0.2) is 0 Å². The number of rotatable bonds is 6. The molecular formula is C18H20FNO3. The number of aliphatic hydroxyl groups is 1. The van der Waals surface area contributed by atoms with E-state index in [9.17, 15) is 14.3 Å². The zero-order valence-corrected chi connectivity index (χ0v) is 13.2. The van der Waals surface area contributed by atoms with Crippen LogP contribution in [0.3, 0.4) is 0 Å². The molecule has 0 aliphatic rings. The lowest BCUT2D eigenvalue weighted by atomic mass is 9.97. The third kappa shape index (κ3) is 4.53. The third-order valence-corrected chi connectivity index (χ3v) is 3.67. The molecule has 0 aliphatic heterocycles. The molecule has 1 amide bonds. The Hall–Kier alpha value is -2.40. The summed E-state index contributed by atoms with van der Waals surface area (Å²) in [4.78, 5) is 12.1. The SMILES string of the molecule is COc1ccc(NC(=O)CC(C)c2ccc(F)cc2)cc1CO. The van der Waals surface area contributed by atoms with E-state index in [0.29, 0.717) is 17.0 Å². The van der Waals surface area contributed by atoms with Gasteiger partial charge < -0.3 is 15.2 Å². The maximum absolute atomic E-state index is 12.9. The minimum atomic E-state index is -0.292. The van der Waals surface area contributed by atoms with Crippen molar-refractivity contribution in [3.8, 4) is 5.75 Å². The molecule has 2 aromatic carbocycles. The van der Waals surface area contributed by atoms with Gasteiger partial charge in [0.25, 0.3) is 0 Å². The molecule has 2 rings (SSSR count). The van der Waals surface area contributed by atoms with Crippen molar-refractivity contribution in [1.82, 2.24) is 0 Å². The second kappa shape index (κ2) is 7.74. The standard InChI is InChI=1S/C18H20FNO3/c1-12(13-3-5-15(19)6-4-13)9-18(22)20-16-7-8-17(23-2)14(10-16)11-21/h3-8,10,12,21H,9,11H2,1-2H3,(H,20,22). The Morgan fingerprint density at radius 2 is 1.96 bits per heavy atom. The van der Waals surface area contributed by atoms with Crippen molar-refractivity contribution >= 4 is 11.6 Å². The number of carbonyl (C=O) groups excluding carboxylic acids is 1. The third-order valence-electron chi connectivity index (χ3n) is 3.67. The van der Waals surface area contributed by atoms with Gasteiger partial charge in [-0.25, -0.2) is 4.39 Å². The Morgan fingerprint density at radius 3 is 2.57 bits per heavy atom. The molecule has 1 atom stereocenters. The molecule has 2 N–H and O–H groups in total. The van der Waals surface area contributed by atoms with Crippen LogP contribution in [-0.2, 0) is 11.4 Å². The van der Waals surface area contributed by atoms with Crippen LogP contribution in [0, 0.1) is 5.82 Å². The van der Waals surface area contributed by atoms with Crippen LogP contribution in [0.4, 0.5) is 10.1 Å². The van der Waals surface area contributed by atoms with Crippen LogP contribution >= 0.6 is 0 Å². The normalized spacial score (nSPS) is 11.8. The fourth-order valence-corrected chi connectivity index (χ4v) is 2.38. The second-order valence-electron chi connectivity index (χ2n) is 5.39. The van der Waals surface area contributed by atoms with E-state index in [2.05, 4.69) is 5.32 Å². The number of ether oxygens (including phenoxy) is 1. The number of hydrogen-bond donors (Lipinski definition) is 2. The second-order valence-corrected chi connectivity index (χ2v) is 5.39. The van der Waals surface area contributed by atoms with Crippen molar-refractivity contribution in [2.75, 3.05) is 12.4 Å². The van der Waals surface area contributed by atoms with E-state index in [4.69, 9.17) is 4.74 Å². The number of halogens is 1. The highest BCUT2D eigenvalue weighted by atomic mass is 19.1. The number of methoxy groups -OCH3 is 1. The number of aliphatic hydroxyl groups excluding tert-OH is 1. The number of hydrogen-bond acceptors (Lipinski definition) is 3. The molecule has 4 nitrogen and oxygen atoms in total. The Kier molecular flexibility index (Phi) is 5.71. The van der Waals surface area contributed by atoms with Crippen molar-refractivity contribution in [1.29, 1.82) is 0 Å². The lowest BCUT2D eigenvalue weighted by molar-refractivity contribution is -0.116. The fraction of sp³-hybridized carbons (Fsp3) is 0.278. The lowest BCUT2D eigenvalue weighted by Gasteiger charge is -2.13. The minimum absolute atomic E-state index is 0.0221. The van der Waals surface area contributed by atoms with Gasteiger partial charge >= 0.3 is 0 Å². The number of amides is 1. The summed E-state index contributed by atoms with van der Waals surface area (Å²) >= 11 is 0. The maximum Gasteiger partial charge on any atom is 0.224 e. The average Bonchev–Trinajstić information content (AvgIpc) is 2.55. The zero-order chi connectivity index (χ0) is 16.8. The van der Waals surface area contributed by atoms with Crippen LogP contribution < -0.4 is 10.1 Å². The monoisotopic (exact) mass is 317 g/mol. The molecule has 0 fully saturated rings. The molecule has 0 saturated heterocycles. The van der Waals surface area contributed by atoms with Gasteiger partial charge in [-0.15, -0.1) is 0 Å². The van der Waals surface area contributed by atoms with Crippen LogP contribution in [0.1, 0.15) is 30.4 Å². The van der Waals surface area contributed by atoms with Gasteiger partial charge in [-0.3, -0.25) is 4.79 Å². The minimum Gasteiger partial charge on any atom is -0.496 e. The van der Waals surface area contributed by atoms with Gasteiger partial charge in [0, 0.05) is 17.7 Å². The molecular weight excluding hydrogens is 297 g/mol. The van der Waals surface area contributed by atoms with Gasteiger partial charge in [-0.2, -0.15) is 0 Å². The highest BCUT2D eigenvalue weighted by Gasteiger charge is 2.12. The molecule has 0 heterocycles. The van der Waals surface area contributed by atoms with Crippen molar-refractivity contribution in [2.24, 2.45) is 0 Å². The number of carbonyl (C=O) groups is 1. The van der Waals surface area contributed by atoms with Gasteiger partial charge in [-0.05, 0) is 41.8 Å². The number of nitrogens with one attached hydrogen (secondary N) is 1. The molecule has 122 valence electrons. The average molecular weight is 317 g/mol. The zero-order valence-electron chi connectivity index (χ0n) is 13.2. The molecule has 0 aromatic heterocycles. The molecule has 1 unspecified atom stereocenters. The molecule has 0 aliphatic carbocycles. The number of anilines is 1. The van der Waals surface area contributed by atoms with E-state index < -0.39 is 0 Å². The van der Waals surface area contributed by atoms with Crippen LogP contribution in [-0.4, -0.2) is 18.1 Å². The van der Waals surface area contributed by atoms with Gasteiger partial charge in [0.2, 0.25) is 5.91 Å². The van der Waals surface area contributed by atoms with Crippen molar-refractivity contribution in [3.05, 3.63) is 59.4 Å². The van der Waals surface area contributed by atoms with Gasteiger partial charge in [0.05, 0.1) is 13.7 Å².